The van der Waals surface area contributed by atoms with Crippen molar-refractivity contribution in [1.29, 1.82) is 0 Å². The number of hydrogen-bond acceptors (Lipinski definition) is 6. The normalized spacial score (nSPS) is 22.1. The summed E-state index contributed by atoms with van der Waals surface area (Å²) >= 11 is 0. The summed E-state index contributed by atoms with van der Waals surface area (Å²) in [5.41, 5.74) is 0. The zero-order valence-corrected chi connectivity index (χ0v) is 17.7. The molecule has 0 saturated carbocycles. The molecule has 28 heavy (non-hydrogen) atoms. The third kappa shape index (κ3) is 4.38. The Balaban J connectivity index is 0.000000275. The SMILES string of the molecule is c1ccccc1.c1cn(O[PH](N2CCCC2)(N2CCCC2)N2CCCC2)nn1. The number of rotatable bonds is 5. The van der Waals surface area contributed by atoms with Crippen LogP contribution >= 0.6 is 7.94 Å². The van der Waals surface area contributed by atoms with Crippen LogP contribution in [0.5, 0.6) is 0 Å². The van der Waals surface area contributed by atoms with E-state index in [-0.39, 0.29) is 0 Å². The summed E-state index contributed by atoms with van der Waals surface area (Å²) in [7, 11) is -2.34. The molecule has 0 bridgehead atoms. The summed E-state index contributed by atoms with van der Waals surface area (Å²) in [6.45, 7) is 6.96. The molecule has 2 aromatic rings. The van der Waals surface area contributed by atoms with Gasteiger partial charge in [0.2, 0.25) is 0 Å². The van der Waals surface area contributed by atoms with Crippen molar-refractivity contribution in [1.82, 2.24) is 29.2 Å². The molecule has 3 saturated heterocycles. The summed E-state index contributed by atoms with van der Waals surface area (Å²) in [5.74, 6) is 0. The van der Waals surface area contributed by atoms with Gasteiger partial charge in [0.05, 0.1) is 0 Å². The van der Waals surface area contributed by atoms with Crippen molar-refractivity contribution in [3.63, 3.8) is 0 Å². The topological polar surface area (TPSA) is 49.7 Å². The van der Waals surface area contributed by atoms with Crippen LogP contribution in [0.15, 0.2) is 48.8 Å². The first kappa shape index (κ1) is 19.8. The van der Waals surface area contributed by atoms with E-state index in [1.807, 2.05) is 42.6 Å². The molecule has 0 N–H and O–H groups in total. The van der Waals surface area contributed by atoms with E-state index < -0.39 is 7.94 Å². The molecular formula is C20H33N6OP. The zero-order valence-electron chi connectivity index (χ0n) is 16.7. The van der Waals surface area contributed by atoms with Crippen LogP contribution in [0.25, 0.3) is 0 Å². The van der Waals surface area contributed by atoms with Crippen molar-refractivity contribution in [3.05, 3.63) is 48.8 Å². The molecule has 0 unspecified atom stereocenters. The van der Waals surface area contributed by atoms with Gasteiger partial charge in [-0.05, 0) is 0 Å². The van der Waals surface area contributed by atoms with Crippen LogP contribution < -0.4 is 4.62 Å². The van der Waals surface area contributed by atoms with E-state index in [9.17, 15) is 0 Å². The minimum atomic E-state index is -2.34. The Morgan fingerprint density at radius 3 is 1.32 bits per heavy atom. The van der Waals surface area contributed by atoms with E-state index in [2.05, 4.69) is 24.3 Å². The van der Waals surface area contributed by atoms with Crippen molar-refractivity contribution in [2.75, 3.05) is 39.3 Å². The van der Waals surface area contributed by atoms with Crippen LogP contribution in [0.3, 0.4) is 0 Å². The molecule has 0 radical (unpaired) electrons. The summed E-state index contributed by atoms with van der Waals surface area (Å²) in [6, 6.07) is 12.0. The summed E-state index contributed by atoms with van der Waals surface area (Å²) in [6.07, 6.45) is 11.3. The van der Waals surface area contributed by atoms with Gasteiger partial charge in [0, 0.05) is 0 Å². The second-order valence-corrected chi connectivity index (χ2v) is 10.9. The fourth-order valence-electron chi connectivity index (χ4n) is 4.55. The Hall–Kier alpha value is -1.53. The zero-order chi connectivity index (χ0) is 19.1. The monoisotopic (exact) mass is 404 g/mol. The molecule has 8 heteroatoms. The molecule has 154 valence electrons. The third-order valence-electron chi connectivity index (χ3n) is 5.84. The molecule has 0 aliphatic carbocycles. The number of nitrogens with zero attached hydrogens (tertiary/aromatic N) is 6. The fourth-order valence-corrected chi connectivity index (χ4v) is 9.15. The van der Waals surface area contributed by atoms with E-state index in [4.69, 9.17) is 4.62 Å². The first-order valence-corrected chi connectivity index (χ1v) is 12.5. The van der Waals surface area contributed by atoms with Gasteiger partial charge in [-0.25, -0.2) is 0 Å². The number of benzene rings is 1. The van der Waals surface area contributed by atoms with Crippen LogP contribution in [0, 0.1) is 0 Å². The van der Waals surface area contributed by atoms with Crippen molar-refractivity contribution in [2.24, 2.45) is 0 Å². The maximum absolute atomic E-state index is 6.65. The minimum absolute atomic E-state index is 1.16. The molecule has 0 atom stereocenters. The molecule has 3 fully saturated rings. The Morgan fingerprint density at radius 2 is 1.00 bits per heavy atom. The van der Waals surface area contributed by atoms with Gasteiger partial charge in [-0.2, -0.15) is 0 Å². The Kier molecular flexibility index (Phi) is 6.91. The first-order valence-electron chi connectivity index (χ1n) is 10.7. The van der Waals surface area contributed by atoms with Gasteiger partial charge in [0.15, 0.2) is 0 Å². The predicted molar refractivity (Wildman–Crippen MR) is 114 cm³/mol. The van der Waals surface area contributed by atoms with Crippen molar-refractivity contribution >= 4 is 7.94 Å². The standard InChI is InChI=1S/C14H27N6OP.C6H6/c1-2-9-17(8-1)22(18-10-3-4-11-18,19-12-5-6-13-19)21-20-14-7-15-16-20;1-2-4-6-5-3-1/h7,14,22H,1-6,8-13H2;1-6H. The molecule has 3 aliphatic heterocycles. The van der Waals surface area contributed by atoms with Gasteiger partial charge in [-0.15, -0.1) is 0 Å². The van der Waals surface area contributed by atoms with Crippen LogP contribution in [0.4, 0.5) is 0 Å². The predicted octanol–water partition coefficient (Wildman–Crippen LogP) is 3.09. The van der Waals surface area contributed by atoms with Gasteiger partial charge in [-0.1, -0.05) is 36.4 Å². The average Bonchev–Trinajstić information content (AvgIpc) is 3.55. The van der Waals surface area contributed by atoms with Crippen LogP contribution in [0.1, 0.15) is 38.5 Å². The number of hydrogen-bond donors (Lipinski definition) is 0. The summed E-state index contributed by atoms with van der Waals surface area (Å²) < 4.78 is 14.6. The van der Waals surface area contributed by atoms with Crippen LogP contribution in [0.2, 0.25) is 0 Å². The number of aromatic nitrogens is 3. The van der Waals surface area contributed by atoms with Gasteiger partial charge in [-0.3, -0.25) is 0 Å². The van der Waals surface area contributed by atoms with Crippen LogP contribution in [-0.4, -0.2) is 68.4 Å². The molecule has 3 aliphatic rings. The summed E-state index contributed by atoms with van der Waals surface area (Å²) in [4.78, 5) is 1.61. The molecule has 1 aromatic carbocycles. The van der Waals surface area contributed by atoms with Crippen molar-refractivity contribution in [3.8, 4) is 0 Å². The van der Waals surface area contributed by atoms with E-state index >= 15 is 0 Å². The quantitative estimate of drug-likeness (QED) is 0.714. The van der Waals surface area contributed by atoms with E-state index in [1.165, 1.54) is 38.5 Å². The molecule has 0 spiro atoms. The molecule has 5 rings (SSSR count). The molecule has 0 amide bonds. The van der Waals surface area contributed by atoms with Gasteiger partial charge < -0.3 is 0 Å². The second kappa shape index (κ2) is 9.79. The summed E-state index contributed by atoms with van der Waals surface area (Å²) in [5, 5.41) is 8.06. The van der Waals surface area contributed by atoms with Gasteiger partial charge in [0.1, 0.15) is 0 Å². The molecule has 1 aromatic heterocycles. The molecule has 7 nitrogen and oxygen atoms in total. The van der Waals surface area contributed by atoms with Crippen molar-refractivity contribution in [2.45, 2.75) is 38.5 Å². The maximum atomic E-state index is 6.65. The Labute approximate surface area is 168 Å². The second-order valence-electron chi connectivity index (χ2n) is 7.71. The van der Waals surface area contributed by atoms with E-state index in [0.29, 0.717) is 0 Å². The van der Waals surface area contributed by atoms with E-state index in [1.54, 1.807) is 11.0 Å². The van der Waals surface area contributed by atoms with Gasteiger partial charge in [0.25, 0.3) is 0 Å². The van der Waals surface area contributed by atoms with Crippen molar-refractivity contribution < 1.29 is 4.62 Å². The Morgan fingerprint density at radius 1 is 0.607 bits per heavy atom. The van der Waals surface area contributed by atoms with Crippen LogP contribution in [-0.2, 0) is 0 Å². The first-order chi connectivity index (χ1) is 13.9. The molecular weight excluding hydrogens is 371 g/mol. The average molecular weight is 404 g/mol. The molecule has 4 heterocycles. The fraction of sp³-hybridized carbons (Fsp3) is 0.600. The Bertz CT molecular complexity index is 600. The third-order valence-corrected chi connectivity index (χ3v) is 10.1. The van der Waals surface area contributed by atoms with Gasteiger partial charge >= 0.3 is 132 Å². The van der Waals surface area contributed by atoms with E-state index in [0.717, 1.165) is 39.3 Å².